The van der Waals surface area contributed by atoms with Gasteiger partial charge in [-0.25, -0.2) is 0 Å². The molecule has 0 radical (unpaired) electrons. The highest BCUT2D eigenvalue weighted by Crippen LogP contribution is 2.17. The predicted molar refractivity (Wildman–Crippen MR) is 59.7 cm³/mol. The van der Waals surface area contributed by atoms with E-state index < -0.39 is 0 Å². The maximum Gasteiger partial charge on any atom is 0.223 e. The lowest BCUT2D eigenvalue weighted by atomic mass is 10.1. The van der Waals surface area contributed by atoms with E-state index in [9.17, 15) is 4.79 Å². The van der Waals surface area contributed by atoms with Crippen molar-refractivity contribution in [1.29, 1.82) is 0 Å². The van der Waals surface area contributed by atoms with Crippen LogP contribution in [0.15, 0.2) is 24.5 Å². The number of hydrogen-bond acceptors (Lipinski definition) is 3. The van der Waals surface area contributed by atoms with Gasteiger partial charge in [0.25, 0.3) is 0 Å². The molecule has 4 heteroatoms. The van der Waals surface area contributed by atoms with E-state index in [1.54, 1.807) is 6.20 Å². The van der Waals surface area contributed by atoms with Crippen LogP contribution in [0.4, 0.5) is 0 Å². The molecule has 0 saturated carbocycles. The highest BCUT2D eigenvalue weighted by molar-refractivity contribution is 5.78. The Morgan fingerprint density at radius 3 is 3.06 bits per heavy atom. The van der Waals surface area contributed by atoms with E-state index in [1.807, 2.05) is 23.2 Å². The average Bonchev–Trinajstić information content (AvgIpc) is 2.69. The monoisotopic (exact) mass is 220 g/mol. The zero-order valence-electron chi connectivity index (χ0n) is 9.17. The average molecular weight is 220 g/mol. The Balaban J connectivity index is 1.85. The lowest BCUT2D eigenvalue weighted by molar-refractivity contribution is -0.127. The molecule has 1 aliphatic rings. The van der Waals surface area contributed by atoms with Gasteiger partial charge in [0.15, 0.2) is 0 Å². The normalized spacial score (nSPS) is 20.4. The molecule has 1 aliphatic heterocycles. The lowest BCUT2D eigenvalue weighted by Crippen LogP contribution is -2.27. The second-order valence-corrected chi connectivity index (χ2v) is 4.20. The van der Waals surface area contributed by atoms with E-state index in [0.29, 0.717) is 13.0 Å². The van der Waals surface area contributed by atoms with E-state index in [0.717, 1.165) is 18.5 Å². The number of aliphatic hydroxyl groups is 1. The number of amides is 1. The second kappa shape index (κ2) is 5.07. The van der Waals surface area contributed by atoms with E-state index in [4.69, 9.17) is 5.11 Å². The van der Waals surface area contributed by atoms with Gasteiger partial charge in [-0.2, -0.15) is 0 Å². The van der Waals surface area contributed by atoms with Crippen LogP contribution >= 0.6 is 0 Å². The molecule has 1 N–H and O–H groups in total. The van der Waals surface area contributed by atoms with Gasteiger partial charge in [0.2, 0.25) is 5.91 Å². The van der Waals surface area contributed by atoms with Gasteiger partial charge in [-0.15, -0.1) is 0 Å². The molecule has 86 valence electrons. The fourth-order valence-corrected chi connectivity index (χ4v) is 2.00. The van der Waals surface area contributed by atoms with Gasteiger partial charge in [-0.3, -0.25) is 9.78 Å². The summed E-state index contributed by atoms with van der Waals surface area (Å²) < 4.78 is 0. The molecule has 2 heterocycles. The summed E-state index contributed by atoms with van der Waals surface area (Å²) in [5.41, 5.74) is 1.14. The maximum atomic E-state index is 11.6. The molecule has 16 heavy (non-hydrogen) atoms. The largest absolute Gasteiger partial charge is 0.396 e. The van der Waals surface area contributed by atoms with Crippen molar-refractivity contribution in [2.45, 2.75) is 12.8 Å². The third kappa shape index (κ3) is 2.58. The number of pyridine rings is 1. The second-order valence-electron chi connectivity index (χ2n) is 4.20. The first kappa shape index (κ1) is 11.1. The minimum absolute atomic E-state index is 0.106. The van der Waals surface area contributed by atoms with Crippen LogP contribution in [0.2, 0.25) is 0 Å². The number of aliphatic hydroxyl groups excluding tert-OH is 1. The maximum absolute atomic E-state index is 11.6. The highest BCUT2D eigenvalue weighted by Gasteiger charge is 2.28. The number of hydrogen-bond donors (Lipinski definition) is 1. The summed E-state index contributed by atoms with van der Waals surface area (Å²) in [4.78, 5) is 17.4. The number of carbonyl (C=O) groups excluding carboxylic acids is 1. The third-order valence-electron chi connectivity index (χ3n) is 2.95. The molecule has 1 unspecified atom stereocenters. The molecule has 0 aliphatic carbocycles. The van der Waals surface area contributed by atoms with E-state index in [-0.39, 0.29) is 18.4 Å². The van der Waals surface area contributed by atoms with Gasteiger partial charge in [0, 0.05) is 44.4 Å². The van der Waals surface area contributed by atoms with Gasteiger partial charge < -0.3 is 10.0 Å². The zero-order valence-corrected chi connectivity index (χ0v) is 9.17. The number of rotatable bonds is 4. The Labute approximate surface area is 94.9 Å². The van der Waals surface area contributed by atoms with Crippen molar-refractivity contribution < 1.29 is 9.90 Å². The van der Waals surface area contributed by atoms with Crippen molar-refractivity contribution in [2.24, 2.45) is 5.92 Å². The molecule has 1 aromatic heterocycles. The number of carbonyl (C=O) groups is 1. The van der Waals surface area contributed by atoms with E-state index in [1.165, 1.54) is 0 Å². The van der Waals surface area contributed by atoms with Gasteiger partial charge >= 0.3 is 0 Å². The summed E-state index contributed by atoms with van der Waals surface area (Å²) in [6.07, 6.45) is 4.89. The summed E-state index contributed by atoms with van der Waals surface area (Å²) >= 11 is 0. The van der Waals surface area contributed by atoms with Crippen LogP contribution in [0, 0.1) is 5.92 Å². The molecular weight excluding hydrogens is 204 g/mol. The van der Waals surface area contributed by atoms with Crippen LogP contribution in [0.3, 0.4) is 0 Å². The molecule has 0 bridgehead atoms. The predicted octanol–water partition coefficient (Wildman–Crippen LogP) is 0.465. The minimum atomic E-state index is 0.106. The van der Waals surface area contributed by atoms with E-state index in [2.05, 4.69) is 4.98 Å². The molecule has 1 fully saturated rings. The van der Waals surface area contributed by atoms with Crippen LogP contribution < -0.4 is 0 Å². The van der Waals surface area contributed by atoms with Crippen molar-refractivity contribution in [3.8, 4) is 0 Å². The van der Waals surface area contributed by atoms with Gasteiger partial charge in [0.1, 0.15) is 0 Å². The van der Waals surface area contributed by atoms with Crippen molar-refractivity contribution >= 4 is 5.91 Å². The summed E-state index contributed by atoms with van der Waals surface area (Å²) in [6.45, 7) is 1.52. The molecule has 1 aromatic rings. The molecule has 0 aromatic carbocycles. The fraction of sp³-hybridized carbons (Fsp3) is 0.500. The van der Waals surface area contributed by atoms with Crippen molar-refractivity contribution in [2.75, 3.05) is 19.7 Å². The molecule has 2 rings (SSSR count). The third-order valence-corrected chi connectivity index (χ3v) is 2.95. The molecule has 1 atom stereocenters. The molecule has 1 saturated heterocycles. The highest BCUT2D eigenvalue weighted by atomic mass is 16.3. The van der Waals surface area contributed by atoms with Crippen molar-refractivity contribution in [1.82, 2.24) is 9.88 Å². The summed E-state index contributed by atoms with van der Waals surface area (Å²) in [5, 5.41) is 9.00. The van der Waals surface area contributed by atoms with Crippen LogP contribution in [0.5, 0.6) is 0 Å². The van der Waals surface area contributed by atoms with Crippen LogP contribution in [0.25, 0.3) is 0 Å². The first-order chi connectivity index (χ1) is 7.79. The molecular formula is C12H16N2O2. The first-order valence-electron chi connectivity index (χ1n) is 5.57. The fourth-order valence-electron chi connectivity index (χ4n) is 2.00. The first-order valence-corrected chi connectivity index (χ1v) is 5.57. The summed E-state index contributed by atoms with van der Waals surface area (Å²) in [5.74, 6) is 0.282. The Bertz CT molecular complexity index is 353. The quantitative estimate of drug-likeness (QED) is 0.802. The number of nitrogens with zero attached hydrogens (tertiary/aromatic N) is 2. The lowest BCUT2D eigenvalue weighted by Gasteiger charge is -2.15. The SMILES string of the molecule is O=C1CC(CO)CN1CCc1cccnc1. The topological polar surface area (TPSA) is 53.4 Å². The standard InChI is InChI=1S/C12H16N2O2/c15-9-11-6-12(16)14(8-11)5-3-10-2-1-4-13-7-10/h1-2,4,7,11,15H,3,5-6,8-9H2. The molecule has 4 nitrogen and oxygen atoms in total. The van der Waals surface area contributed by atoms with E-state index >= 15 is 0 Å². The summed E-state index contributed by atoms with van der Waals surface area (Å²) in [6, 6.07) is 3.91. The van der Waals surface area contributed by atoms with Crippen molar-refractivity contribution in [3.05, 3.63) is 30.1 Å². The van der Waals surface area contributed by atoms with Crippen LogP contribution in [-0.4, -0.2) is 40.6 Å². The molecule has 0 spiro atoms. The van der Waals surface area contributed by atoms with Crippen molar-refractivity contribution in [3.63, 3.8) is 0 Å². The smallest absolute Gasteiger partial charge is 0.223 e. The zero-order chi connectivity index (χ0) is 11.4. The Hall–Kier alpha value is -1.42. The number of likely N-dealkylation sites (tertiary alicyclic amines) is 1. The van der Waals surface area contributed by atoms with Gasteiger partial charge in [-0.05, 0) is 18.1 Å². The minimum Gasteiger partial charge on any atom is -0.396 e. The number of aromatic nitrogens is 1. The Morgan fingerprint density at radius 1 is 1.56 bits per heavy atom. The van der Waals surface area contributed by atoms with Crippen LogP contribution in [0.1, 0.15) is 12.0 Å². The van der Waals surface area contributed by atoms with Gasteiger partial charge in [-0.1, -0.05) is 6.07 Å². The Kier molecular flexibility index (Phi) is 3.51. The van der Waals surface area contributed by atoms with Gasteiger partial charge in [0.05, 0.1) is 0 Å². The Morgan fingerprint density at radius 2 is 2.44 bits per heavy atom. The molecule has 1 amide bonds. The van der Waals surface area contributed by atoms with Crippen LogP contribution in [-0.2, 0) is 11.2 Å². The summed E-state index contributed by atoms with van der Waals surface area (Å²) in [7, 11) is 0.